The zero-order valence-corrected chi connectivity index (χ0v) is 14.1. The van der Waals surface area contributed by atoms with Gasteiger partial charge < -0.3 is 10.1 Å². The summed E-state index contributed by atoms with van der Waals surface area (Å²) in [6, 6.07) is 2.38. The van der Waals surface area contributed by atoms with E-state index in [2.05, 4.69) is 37.1 Å². The second kappa shape index (κ2) is 7.55. The number of hydrogen-bond acceptors (Lipinski definition) is 4. The molecule has 1 atom stereocenters. The maximum Gasteiger partial charge on any atom is 0.0710 e. The average Bonchev–Trinajstić information content (AvgIpc) is 2.97. The van der Waals surface area contributed by atoms with Gasteiger partial charge in [-0.15, -0.1) is 11.3 Å². The van der Waals surface area contributed by atoms with Gasteiger partial charge in [-0.05, 0) is 37.4 Å². The van der Waals surface area contributed by atoms with Gasteiger partial charge in [0.2, 0.25) is 0 Å². The van der Waals surface area contributed by atoms with Gasteiger partial charge in [-0.1, -0.05) is 13.8 Å². The highest BCUT2D eigenvalue weighted by molar-refractivity contribution is 7.12. The maximum absolute atomic E-state index is 5.44. The van der Waals surface area contributed by atoms with E-state index in [1.807, 2.05) is 18.4 Å². The Kier molecular flexibility index (Phi) is 6.02. The van der Waals surface area contributed by atoms with Crippen molar-refractivity contribution in [1.82, 2.24) is 10.2 Å². The Morgan fingerprint density at radius 1 is 1.50 bits per heavy atom. The molecule has 1 saturated heterocycles. The summed E-state index contributed by atoms with van der Waals surface area (Å²) in [7, 11) is 1.82. The number of aryl methyl sites for hydroxylation is 1. The fraction of sp³-hybridized carbons (Fsp3) is 0.750. The lowest BCUT2D eigenvalue weighted by Crippen LogP contribution is -2.22. The molecule has 3 nitrogen and oxygen atoms in total. The molecular weight excluding hydrogens is 268 g/mol. The number of ether oxygens (including phenoxy) is 1. The quantitative estimate of drug-likeness (QED) is 0.837. The highest BCUT2D eigenvalue weighted by Gasteiger charge is 2.22. The van der Waals surface area contributed by atoms with Crippen molar-refractivity contribution >= 4 is 11.3 Å². The number of nitrogens with one attached hydrogen (secondary N) is 1. The molecule has 114 valence electrons. The number of likely N-dealkylation sites (tertiary alicyclic amines) is 1. The molecule has 0 saturated carbocycles. The van der Waals surface area contributed by atoms with E-state index in [0.29, 0.717) is 12.0 Å². The van der Waals surface area contributed by atoms with E-state index in [1.165, 1.54) is 21.7 Å². The summed E-state index contributed by atoms with van der Waals surface area (Å²) in [5.41, 5.74) is 1.49. The van der Waals surface area contributed by atoms with E-state index in [9.17, 15) is 0 Å². The highest BCUT2D eigenvalue weighted by Crippen LogP contribution is 2.24. The van der Waals surface area contributed by atoms with Crippen molar-refractivity contribution in [3.05, 3.63) is 21.4 Å². The second-order valence-corrected chi connectivity index (χ2v) is 7.54. The minimum absolute atomic E-state index is 0.432. The van der Waals surface area contributed by atoms with Crippen LogP contribution in [0.5, 0.6) is 0 Å². The molecule has 0 radical (unpaired) electrons. The van der Waals surface area contributed by atoms with Crippen molar-refractivity contribution in [2.45, 2.75) is 46.4 Å². The fourth-order valence-electron chi connectivity index (χ4n) is 2.69. The smallest absolute Gasteiger partial charge is 0.0710 e. The minimum atomic E-state index is 0.432. The maximum atomic E-state index is 5.44. The molecule has 0 aliphatic carbocycles. The van der Waals surface area contributed by atoms with Gasteiger partial charge in [0, 0.05) is 43.0 Å². The lowest BCUT2D eigenvalue weighted by Gasteiger charge is -2.15. The van der Waals surface area contributed by atoms with Crippen molar-refractivity contribution in [2.75, 3.05) is 26.7 Å². The summed E-state index contributed by atoms with van der Waals surface area (Å²) in [6.07, 6.45) is 1.60. The molecule has 1 aromatic rings. The molecule has 1 N–H and O–H groups in total. The molecule has 1 aliphatic heterocycles. The predicted octanol–water partition coefficient (Wildman–Crippen LogP) is 3.02. The lowest BCUT2D eigenvalue weighted by molar-refractivity contribution is 0.107. The largest absolute Gasteiger partial charge is 0.380 e. The highest BCUT2D eigenvalue weighted by atomic mass is 32.1. The number of rotatable bonds is 7. The SMILES string of the molecule is COC1CCN(Cc2cc(CNCC(C)C)sc2C)C1. The molecule has 1 unspecified atom stereocenters. The first-order valence-electron chi connectivity index (χ1n) is 7.62. The van der Waals surface area contributed by atoms with Crippen LogP contribution in [0, 0.1) is 12.8 Å². The summed E-state index contributed by atoms with van der Waals surface area (Å²) in [6.45, 7) is 12.2. The molecule has 0 aromatic carbocycles. The monoisotopic (exact) mass is 296 g/mol. The summed E-state index contributed by atoms with van der Waals surface area (Å²) in [5.74, 6) is 0.714. The number of hydrogen-bond donors (Lipinski definition) is 1. The molecule has 2 rings (SSSR count). The van der Waals surface area contributed by atoms with E-state index in [4.69, 9.17) is 4.74 Å². The first-order chi connectivity index (χ1) is 9.58. The van der Waals surface area contributed by atoms with Crippen molar-refractivity contribution < 1.29 is 4.74 Å². The average molecular weight is 296 g/mol. The molecule has 1 aromatic heterocycles. The lowest BCUT2D eigenvalue weighted by atomic mass is 10.2. The van der Waals surface area contributed by atoms with Crippen LogP contribution in [-0.2, 0) is 17.8 Å². The first kappa shape index (κ1) is 16.0. The van der Waals surface area contributed by atoms with Crippen molar-refractivity contribution in [1.29, 1.82) is 0 Å². The number of nitrogens with zero attached hydrogens (tertiary/aromatic N) is 1. The third-order valence-electron chi connectivity index (χ3n) is 3.88. The molecule has 0 spiro atoms. The van der Waals surface area contributed by atoms with Crippen molar-refractivity contribution in [2.24, 2.45) is 5.92 Å². The zero-order valence-electron chi connectivity index (χ0n) is 13.2. The van der Waals surface area contributed by atoms with Gasteiger partial charge in [-0.2, -0.15) is 0 Å². The van der Waals surface area contributed by atoms with E-state index in [0.717, 1.165) is 32.7 Å². The van der Waals surface area contributed by atoms with Crippen LogP contribution in [0.2, 0.25) is 0 Å². The van der Waals surface area contributed by atoms with Crippen LogP contribution in [0.15, 0.2) is 6.07 Å². The topological polar surface area (TPSA) is 24.5 Å². The van der Waals surface area contributed by atoms with Crippen LogP contribution in [-0.4, -0.2) is 37.7 Å². The van der Waals surface area contributed by atoms with Crippen LogP contribution < -0.4 is 5.32 Å². The standard InChI is InChI=1S/C16H28N2OS/c1-12(2)8-17-9-16-7-14(13(3)20-16)10-18-6-5-15(11-18)19-4/h7,12,15,17H,5-6,8-11H2,1-4H3. The number of thiophene rings is 1. The Labute approximate surface area is 127 Å². The number of methoxy groups -OCH3 is 1. The van der Waals surface area contributed by atoms with E-state index in [1.54, 1.807) is 0 Å². The Morgan fingerprint density at radius 3 is 2.95 bits per heavy atom. The van der Waals surface area contributed by atoms with Gasteiger partial charge in [0.1, 0.15) is 0 Å². The van der Waals surface area contributed by atoms with E-state index >= 15 is 0 Å². The molecule has 20 heavy (non-hydrogen) atoms. The second-order valence-electron chi connectivity index (χ2n) is 6.20. The molecule has 0 amide bonds. The van der Waals surface area contributed by atoms with Crippen LogP contribution in [0.1, 0.15) is 35.6 Å². The molecule has 0 bridgehead atoms. The zero-order chi connectivity index (χ0) is 14.5. The van der Waals surface area contributed by atoms with Crippen LogP contribution in [0.4, 0.5) is 0 Å². The molecule has 1 fully saturated rings. The van der Waals surface area contributed by atoms with Crippen molar-refractivity contribution in [3.63, 3.8) is 0 Å². The van der Waals surface area contributed by atoms with E-state index < -0.39 is 0 Å². The van der Waals surface area contributed by atoms with Gasteiger partial charge in [-0.3, -0.25) is 4.90 Å². The van der Waals surface area contributed by atoms with Crippen LogP contribution in [0.25, 0.3) is 0 Å². The minimum Gasteiger partial charge on any atom is -0.380 e. The normalized spacial score (nSPS) is 20.1. The van der Waals surface area contributed by atoms with Crippen LogP contribution >= 0.6 is 11.3 Å². The van der Waals surface area contributed by atoms with Gasteiger partial charge in [0.15, 0.2) is 0 Å². The molecule has 1 aliphatic rings. The third-order valence-corrected chi connectivity index (χ3v) is 4.97. The molecule has 2 heterocycles. The fourth-order valence-corrected chi connectivity index (χ4v) is 3.71. The summed E-state index contributed by atoms with van der Waals surface area (Å²) >= 11 is 1.94. The van der Waals surface area contributed by atoms with Crippen LogP contribution in [0.3, 0.4) is 0 Å². The van der Waals surface area contributed by atoms with Gasteiger partial charge >= 0.3 is 0 Å². The van der Waals surface area contributed by atoms with E-state index in [-0.39, 0.29) is 0 Å². The Morgan fingerprint density at radius 2 is 2.30 bits per heavy atom. The predicted molar refractivity (Wildman–Crippen MR) is 86.3 cm³/mol. The summed E-state index contributed by atoms with van der Waals surface area (Å²) < 4.78 is 5.44. The van der Waals surface area contributed by atoms with Gasteiger partial charge in [-0.25, -0.2) is 0 Å². The Hall–Kier alpha value is -0.420. The third kappa shape index (κ3) is 4.55. The summed E-state index contributed by atoms with van der Waals surface area (Å²) in [4.78, 5) is 5.43. The van der Waals surface area contributed by atoms with Gasteiger partial charge in [0.05, 0.1) is 6.10 Å². The first-order valence-corrected chi connectivity index (χ1v) is 8.44. The molecule has 4 heteroatoms. The van der Waals surface area contributed by atoms with Gasteiger partial charge in [0.25, 0.3) is 0 Å². The Bertz CT molecular complexity index is 417. The molecular formula is C16H28N2OS. The Balaban J connectivity index is 1.84. The summed E-state index contributed by atoms with van der Waals surface area (Å²) in [5, 5.41) is 3.53. The van der Waals surface area contributed by atoms with Crippen molar-refractivity contribution in [3.8, 4) is 0 Å².